The van der Waals surface area contributed by atoms with Crippen LogP contribution in [0.4, 0.5) is 4.32 Å². The fourth-order valence-corrected chi connectivity index (χ4v) is 7.55. The second kappa shape index (κ2) is 8.42. The van der Waals surface area contributed by atoms with Crippen molar-refractivity contribution < 1.29 is 13.1 Å². The van der Waals surface area contributed by atoms with Crippen molar-refractivity contribution in [2.75, 3.05) is 0 Å². The molecule has 8 aromatic rings. The molecule has 0 unspecified atom stereocenters. The van der Waals surface area contributed by atoms with Gasteiger partial charge in [-0.25, -0.2) is 8.80 Å². The summed E-state index contributed by atoms with van der Waals surface area (Å²) in [6.45, 7) is 6.65. The molecule has 5 heterocycles. The summed E-state index contributed by atoms with van der Waals surface area (Å²) in [7, 11) is -1.53. The van der Waals surface area contributed by atoms with E-state index in [4.69, 9.17) is 8.83 Å². The maximum absolute atomic E-state index is 17.6. The number of furan rings is 2. The molecule has 0 amide bonds. The standard InChI is InChI=1S/C39H27BFN2O2/c1-39(2,3)25-16-12-24(13-17-25)34-28-20-32-37(35-26-10-6-4-8-22(26)14-18-30(35)44-32)42(28)40(41)43-29(34)21-33-38(43)36-27-11-7-5-9-23(27)15-19-31(36)45-33/h4-21H,1-3H3/q+1. The lowest BCUT2D eigenvalue weighted by molar-refractivity contribution is 0.573. The molecule has 5 aromatic carbocycles. The third-order valence-electron chi connectivity index (χ3n) is 9.68. The van der Waals surface area contributed by atoms with Gasteiger partial charge in [0.25, 0.3) is 0 Å². The van der Waals surface area contributed by atoms with Crippen molar-refractivity contribution in [3.05, 3.63) is 136 Å². The first-order chi connectivity index (χ1) is 21.9. The molecule has 10 rings (SSSR count). The van der Waals surface area contributed by atoms with Crippen LogP contribution in [-0.4, -0.2) is 11.7 Å². The van der Waals surface area contributed by atoms with Gasteiger partial charge in [0.2, 0.25) is 10.8 Å². The van der Waals surface area contributed by atoms with Gasteiger partial charge in [0.1, 0.15) is 11.2 Å². The van der Waals surface area contributed by atoms with Crippen molar-refractivity contribution in [2.24, 2.45) is 0 Å². The smallest absolute Gasteiger partial charge is 0.454 e. The molecule has 0 fully saturated rings. The quantitative estimate of drug-likeness (QED) is 0.182. The van der Waals surface area contributed by atoms with Crippen LogP contribution in [0.15, 0.2) is 118 Å². The molecular weight excluding hydrogens is 558 g/mol. The summed E-state index contributed by atoms with van der Waals surface area (Å²) >= 11 is 0. The minimum absolute atomic E-state index is 0.0137. The Labute approximate surface area is 257 Å². The van der Waals surface area contributed by atoms with E-state index in [0.29, 0.717) is 11.0 Å². The first-order valence-corrected chi connectivity index (χ1v) is 15.4. The van der Waals surface area contributed by atoms with Crippen molar-refractivity contribution in [2.45, 2.75) is 26.2 Å². The Hall–Kier alpha value is -5.36. The second-order valence-electron chi connectivity index (χ2n) is 13.3. The zero-order chi connectivity index (χ0) is 30.2. The van der Waals surface area contributed by atoms with Gasteiger partial charge in [0.05, 0.1) is 33.6 Å². The number of hydrogen-bond acceptors (Lipinski definition) is 2. The van der Waals surface area contributed by atoms with Crippen LogP contribution in [-0.2, 0) is 5.41 Å². The second-order valence-corrected chi connectivity index (χ2v) is 13.3. The van der Waals surface area contributed by atoms with Crippen LogP contribution < -0.4 is 15.3 Å². The molecule has 2 aliphatic heterocycles. The van der Waals surface area contributed by atoms with Crippen molar-refractivity contribution in [3.63, 3.8) is 0 Å². The average molecular weight is 585 g/mol. The Morgan fingerprint density at radius 2 is 1.36 bits per heavy atom. The van der Waals surface area contributed by atoms with E-state index in [-0.39, 0.29) is 5.41 Å². The molecule has 0 spiro atoms. The van der Waals surface area contributed by atoms with E-state index in [0.717, 1.165) is 76.9 Å². The summed E-state index contributed by atoms with van der Waals surface area (Å²) in [5, 5.41) is 6.88. The number of halogens is 1. The van der Waals surface area contributed by atoms with Crippen LogP contribution in [0.3, 0.4) is 0 Å². The molecule has 0 bridgehead atoms. The predicted octanol–water partition coefficient (Wildman–Crippen LogP) is 8.30. The highest BCUT2D eigenvalue weighted by molar-refractivity contribution is 6.52. The Bertz CT molecular complexity index is 2750. The Kier molecular flexibility index (Phi) is 4.68. The summed E-state index contributed by atoms with van der Waals surface area (Å²) in [5.41, 5.74) is 8.41. The molecule has 0 aliphatic carbocycles. The predicted molar refractivity (Wildman–Crippen MR) is 181 cm³/mol. The minimum atomic E-state index is -1.53. The van der Waals surface area contributed by atoms with Gasteiger partial charge < -0.3 is 8.83 Å². The number of aromatic nitrogens is 1. The van der Waals surface area contributed by atoms with Crippen LogP contribution >= 0.6 is 0 Å². The molecule has 3 aromatic heterocycles. The van der Waals surface area contributed by atoms with Gasteiger partial charge in [-0.05, 0) is 50.2 Å². The van der Waals surface area contributed by atoms with E-state index >= 15 is 4.32 Å². The van der Waals surface area contributed by atoms with Crippen LogP contribution in [0, 0.1) is 0 Å². The van der Waals surface area contributed by atoms with E-state index in [1.165, 1.54) is 5.56 Å². The van der Waals surface area contributed by atoms with E-state index in [9.17, 15) is 0 Å². The van der Waals surface area contributed by atoms with Crippen molar-refractivity contribution in [1.82, 2.24) is 8.96 Å². The van der Waals surface area contributed by atoms with Gasteiger partial charge >= 0.3 is 7.26 Å². The van der Waals surface area contributed by atoms with Crippen LogP contribution in [0.25, 0.3) is 66.2 Å². The van der Waals surface area contributed by atoms with E-state index in [2.05, 4.69) is 81.4 Å². The maximum atomic E-state index is 17.6. The lowest BCUT2D eigenvalue weighted by atomic mass is 9.84. The molecule has 2 aliphatic rings. The number of rotatable bonds is 1. The monoisotopic (exact) mass is 585 g/mol. The summed E-state index contributed by atoms with van der Waals surface area (Å²) in [6.07, 6.45) is 2.01. The fraction of sp³-hybridized carbons (Fsp3) is 0.103. The minimum Gasteiger partial charge on any atom is -0.454 e. The molecule has 6 heteroatoms. The largest absolute Gasteiger partial charge is 0.847 e. The number of hydrogen-bond donors (Lipinski definition) is 0. The SMILES string of the molecule is CC(C)(C)c1ccc(C2=C3C=c4oc5ccc6ccccc6c5c4=[N+]3B(F)n3c2cc2oc4ccc5ccccc5c4c23)cc1. The third-order valence-corrected chi connectivity index (χ3v) is 9.68. The third kappa shape index (κ3) is 3.24. The van der Waals surface area contributed by atoms with Crippen molar-refractivity contribution in [3.8, 4) is 0 Å². The molecule has 4 nitrogen and oxygen atoms in total. The van der Waals surface area contributed by atoms with Gasteiger partial charge in [0.15, 0.2) is 11.3 Å². The van der Waals surface area contributed by atoms with Gasteiger partial charge in [-0.15, -0.1) is 0 Å². The number of fused-ring (bicyclic) bond motifs is 13. The Morgan fingerprint density at radius 3 is 2.04 bits per heavy atom. The molecule has 0 N–H and O–H groups in total. The molecule has 0 atom stereocenters. The zero-order valence-electron chi connectivity index (χ0n) is 25.1. The lowest BCUT2D eigenvalue weighted by Crippen LogP contribution is -2.47. The van der Waals surface area contributed by atoms with Gasteiger partial charge in [-0.2, -0.15) is 0 Å². The fourth-order valence-electron chi connectivity index (χ4n) is 7.55. The topological polar surface area (TPSA) is 34.2 Å². The van der Waals surface area contributed by atoms with Crippen LogP contribution in [0.2, 0.25) is 0 Å². The summed E-state index contributed by atoms with van der Waals surface area (Å²) in [6, 6.07) is 35.3. The summed E-state index contributed by atoms with van der Waals surface area (Å²) in [4.78, 5) is 0. The lowest BCUT2D eigenvalue weighted by Gasteiger charge is -2.21. The number of allylic oxidation sites excluding steroid dienone is 1. The van der Waals surface area contributed by atoms with Crippen molar-refractivity contribution >= 4 is 73.5 Å². The molecule has 0 saturated heterocycles. The highest BCUT2D eigenvalue weighted by atomic mass is 19.1. The van der Waals surface area contributed by atoms with Crippen LogP contribution in [0.5, 0.6) is 0 Å². The summed E-state index contributed by atoms with van der Waals surface area (Å²) < 4.78 is 34.2. The molecule has 0 radical (unpaired) electrons. The number of benzene rings is 5. The van der Waals surface area contributed by atoms with Crippen molar-refractivity contribution in [1.29, 1.82) is 0 Å². The van der Waals surface area contributed by atoms with E-state index < -0.39 is 7.26 Å². The highest BCUT2D eigenvalue weighted by Gasteiger charge is 2.51. The van der Waals surface area contributed by atoms with Crippen LogP contribution in [0.1, 0.15) is 37.6 Å². The Morgan fingerprint density at radius 1 is 0.711 bits per heavy atom. The first kappa shape index (κ1) is 25.0. The van der Waals surface area contributed by atoms with E-state index in [1.807, 2.05) is 57.5 Å². The normalized spacial score (nSPS) is 14.7. The highest BCUT2D eigenvalue weighted by Crippen LogP contribution is 2.43. The van der Waals surface area contributed by atoms with Gasteiger partial charge in [-0.3, -0.25) is 4.48 Å². The molecule has 0 saturated carbocycles. The zero-order valence-corrected chi connectivity index (χ0v) is 25.1. The first-order valence-electron chi connectivity index (χ1n) is 15.4. The Balaban J connectivity index is 1.38. The molecular formula is C39H27BFN2O2+. The maximum Gasteiger partial charge on any atom is 0.847 e. The molecule has 214 valence electrons. The van der Waals surface area contributed by atoms with E-state index in [1.54, 1.807) is 0 Å². The molecule has 45 heavy (non-hydrogen) atoms. The van der Waals surface area contributed by atoms with Gasteiger partial charge in [-0.1, -0.05) is 106 Å². The summed E-state index contributed by atoms with van der Waals surface area (Å²) in [5.74, 6) is 0. The average Bonchev–Trinajstić information content (AvgIpc) is 3.78. The number of nitrogens with zero attached hydrogens (tertiary/aromatic N) is 2. The van der Waals surface area contributed by atoms with Gasteiger partial charge in [0, 0.05) is 6.07 Å².